The van der Waals surface area contributed by atoms with Gasteiger partial charge in [0.15, 0.2) is 0 Å². The lowest BCUT2D eigenvalue weighted by molar-refractivity contribution is 0.502. The van der Waals surface area contributed by atoms with Gasteiger partial charge in [0.1, 0.15) is 0 Å². The van der Waals surface area contributed by atoms with Crippen LogP contribution in [-0.2, 0) is 6.54 Å². The minimum absolute atomic E-state index is 0.179. The smallest absolute Gasteiger partial charge is 0.282 e. The molecule has 1 aromatic heterocycles. The maximum absolute atomic E-state index is 11.5. The fourth-order valence-corrected chi connectivity index (χ4v) is 1.82. The lowest BCUT2D eigenvalue weighted by Gasteiger charge is -2.21. The Bertz CT molecular complexity index is 644. The SMILES string of the molecule is O=c1cc[nH]n1N1Cc2ccc(Cl)cc2N=N1. The number of rotatable bonds is 1. The number of fused-ring (bicyclic) bond motifs is 1. The number of H-pyrrole nitrogens is 1. The Kier molecular flexibility index (Phi) is 2.22. The maximum atomic E-state index is 11.5. The first-order chi connectivity index (χ1) is 8.24. The highest BCUT2D eigenvalue weighted by atomic mass is 35.5. The first-order valence-corrected chi connectivity index (χ1v) is 5.36. The van der Waals surface area contributed by atoms with Crippen LogP contribution in [0.2, 0.25) is 5.02 Å². The van der Waals surface area contributed by atoms with Crippen LogP contribution in [0, 0.1) is 0 Å². The molecule has 0 radical (unpaired) electrons. The van der Waals surface area contributed by atoms with Crippen molar-refractivity contribution >= 4 is 17.3 Å². The van der Waals surface area contributed by atoms with Gasteiger partial charge in [-0.3, -0.25) is 9.89 Å². The van der Waals surface area contributed by atoms with Gasteiger partial charge in [-0.05, 0) is 17.4 Å². The van der Waals surface area contributed by atoms with E-state index in [9.17, 15) is 4.79 Å². The van der Waals surface area contributed by atoms with Crippen LogP contribution in [-0.4, -0.2) is 9.89 Å². The number of hydrogen-bond acceptors (Lipinski definition) is 4. The number of halogens is 1. The summed E-state index contributed by atoms with van der Waals surface area (Å²) in [5.41, 5.74) is 1.51. The van der Waals surface area contributed by atoms with Gasteiger partial charge >= 0.3 is 0 Å². The number of aromatic nitrogens is 2. The highest BCUT2D eigenvalue weighted by Crippen LogP contribution is 2.28. The van der Waals surface area contributed by atoms with Crippen LogP contribution in [0.5, 0.6) is 0 Å². The summed E-state index contributed by atoms with van der Waals surface area (Å²) in [6.07, 6.45) is 1.55. The van der Waals surface area contributed by atoms with E-state index in [0.29, 0.717) is 11.6 Å². The summed E-state index contributed by atoms with van der Waals surface area (Å²) in [6, 6.07) is 6.83. The van der Waals surface area contributed by atoms with E-state index in [2.05, 4.69) is 15.4 Å². The molecule has 1 N–H and O–H groups in total. The summed E-state index contributed by atoms with van der Waals surface area (Å²) in [5.74, 6) is 0. The quantitative estimate of drug-likeness (QED) is 0.840. The predicted molar refractivity (Wildman–Crippen MR) is 62.9 cm³/mol. The van der Waals surface area contributed by atoms with E-state index in [0.717, 1.165) is 11.3 Å². The predicted octanol–water partition coefficient (Wildman–Crippen LogP) is 1.98. The molecule has 0 spiro atoms. The molecule has 0 fully saturated rings. The summed E-state index contributed by atoms with van der Waals surface area (Å²) < 4.78 is 0. The summed E-state index contributed by atoms with van der Waals surface area (Å²) in [4.78, 5) is 12.7. The monoisotopic (exact) mass is 249 g/mol. The third-order valence-corrected chi connectivity index (χ3v) is 2.71. The molecule has 6 nitrogen and oxygen atoms in total. The van der Waals surface area contributed by atoms with Crippen LogP contribution in [0.15, 0.2) is 45.6 Å². The molecule has 3 rings (SSSR count). The number of nitrogens with zero attached hydrogens (tertiary/aromatic N) is 4. The Morgan fingerprint density at radius 1 is 1.35 bits per heavy atom. The second kappa shape index (κ2) is 3.74. The molecule has 1 aliphatic heterocycles. The molecular weight excluding hydrogens is 242 g/mol. The Morgan fingerprint density at radius 3 is 3.00 bits per heavy atom. The Hall–Kier alpha value is -2.08. The molecule has 7 heteroatoms. The molecule has 0 aliphatic carbocycles. The van der Waals surface area contributed by atoms with Crippen molar-refractivity contribution in [3.63, 3.8) is 0 Å². The van der Waals surface area contributed by atoms with E-state index in [1.807, 2.05) is 6.07 Å². The van der Waals surface area contributed by atoms with Gasteiger partial charge in [0.25, 0.3) is 5.56 Å². The molecule has 2 aromatic rings. The maximum Gasteiger partial charge on any atom is 0.287 e. The van der Waals surface area contributed by atoms with E-state index in [1.165, 1.54) is 16.0 Å². The van der Waals surface area contributed by atoms with E-state index < -0.39 is 0 Å². The minimum Gasteiger partial charge on any atom is -0.282 e. The van der Waals surface area contributed by atoms with Crippen LogP contribution in [0.25, 0.3) is 0 Å². The highest BCUT2D eigenvalue weighted by molar-refractivity contribution is 6.30. The van der Waals surface area contributed by atoms with Crippen LogP contribution >= 0.6 is 11.6 Å². The van der Waals surface area contributed by atoms with E-state index in [-0.39, 0.29) is 5.56 Å². The summed E-state index contributed by atoms with van der Waals surface area (Å²) in [6.45, 7) is 0.469. The van der Waals surface area contributed by atoms with Crippen molar-refractivity contribution in [2.45, 2.75) is 6.54 Å². The van der Waals surface area contributed by atoms with E-state index in [1.54, 1.807) is 18.3 Å². The minimum atomic E-state index is -0.179. The summed E-state index contributed by atoms with van der Waals surface area (Å²) in [5, 5.41) is 12.8. The average molecular weight is 250 g/mol. The lowest BCUT2D eigenvalue weighted by Crippen LogP contribution is -2.37. The normalized spacial score (nSPS) is 13.8. The highest BCUT2D eigenvalue weighted by Gasteiger charge is 2.16. The van der Waals surface area contributed by atoms with E-state index in [4.69, 9.17) is 11.6 Å². The number of aromatic amines is 1. The molecule has 0 saturated carbocycles. The second-order valence-electron chi connectivity index (χ2n) is 3.61. The van der Waals surface area contributed by atoms with Crippen molar-refractivity contribution in [1.29, 1.82) is 0 Å². The number of hydrogen-bond donors (Lipinski definition) is 1. The fraction of sp³-hybridized carbons (Fsp3) is 0.100. The lowest BCUT2D eigenvalue weighted by atomic mass is 10.2. The molecule has 0 saturated heterocycles. The molecule has 0 bridgehead atoms. The van der Waals surface area contributed by atoms with Gasteiger partial charge in [-0.25, -0.2) is 0 Å². The zero-order valence-corrected chi connectivity index (χ0v) is 9.42. The molecular formula is C10H8ClN5O. The molecule has 86 valence electrons. The fourth-order valence-electron chi connectivity index (χ4n) is 1.65. The third kappa shape index (κ3) is 1.72. The molecule has 0 atom stereocenters. The van der Waals surface area contributed by atoms with Crippen LogP contribution in [0.1, 0.15) is 5.56 Å². The largest absolute Gasteiger partial charge is 0.287 e. The zero-order chi connectivity index (χ0) is 11.8. The van der Waals surface area contributed by atoms with Gasteiger partial charge in [0.2, 0.25) is 0 Å². The van der Waals surface area contributed by atoms with Crippen LogP contribution < -0.4 is 10.7 Å². The molecule has 1 aromatic carbocycles. The van der Waals surface area contributed by atoms with Gasteiger partial charge in [0.05, 0.1) is 12.2 Å². The van der Waals surface area contributed by atoms with Crippen molar-refractivity contribution in [3.8, 4) is 0 Å². The Balaban J connectivity index is 2.00. The van der Waals surface area contributed by atoms with Gasteiger partial charge in [-0.1, -0.05) is 17.7 Å². The topological polar surface area (TPSA) is 65.8 Å². The van der Waals surface area contributed by atoms with Gasteiger partial charge in [-0.2, -0.15) is 5.12 Å². The van der Waals surface area contributed by atoms with Crippen LogP contribution in [0.3, 0.4) is 0 Å². The Morgan fingerprint density at radius 2 is 2.24 bits per heavy atom. The van der Waals surface area contributed by atoms with Crippen LogP contribution in [0.4, 0.5) is 5.69 Å². The van der Waals surface area contributed by atoms with Gasteiger partial charge in [0, 0.05) is 22.8 Å². The average Bonchev–Trinajstić information content (AvgIpc) is 2.75. The molecule has 1 aliphatic rings. The Labute approximate surface area is 101 Å². The summed E-state index contributed by atoms with van der Waals surface area (Å²) >= 11 is 5.86. The zero-order valence-electron chi connectivity index (χ0n) is 8.67. The van der Waals surface area contributed by atoms with Gasteiger partial charge < -0.3 is 0 Å². The van der Waals surface area contributed by atoms with Crippen molar-refractivity contribution in [2.24, 2.45) is 10.3 Å². The molecule has 0 amide bonds. The van der Waals surface area contributed by atoms with Crippen molar-refractivity contribution in [3.05, 3.63) is 51.4 Å². The first-order valence-electron chi connectivity index (χ1n) is 4.98. The van der Waals surface area contributed by atoms with Crippen molar-refractivity contribution in [2.75, 3.05) is 5.12 Å². The van der Waals surface area contributed by atoms with Gasteiger partial charge in [-0.15, -0.1) is 9.91 Å². The third-order valence-electron chi connectivity index (χ3n) is 2.48. The van der Waals surface area contributed by atoms with Crippen molar-refractivity contribution in [1.82, 2.24) is 9.89 Å². The number of nitrogens with one attached hydrogen (secondary N) is 1. The second-order valence-corrected chi connectivity index (χ2v) is 4.04. The standard InChI is InChI=1S/C10H8ClN5O/c11-8-2-1-7-6-15(14-13-9(7)5-8)16-10(17)3-4-12-16/h1-5,12H,6H2. The van der Waals surface area contributed by atoms with Crippen molar-refractivity contribution < 1.29 is 0 Å². The molecule has 2 heterocycles. The molecule has 17 heavy (non-hydrogen) atoms. The van der Waals surface area contributed by atoms with E-state index >= 15 is 0 Å². The number of benzene rings is 1. The molecule has 0 unspecified atom stereocenters. The summed E-state index contributed by atoms with van der Waals surface area (Å²) in [7, 11) is 0. The first kappa shape index (κ1) is 10.1.